The third-order valence-corrected chi connectivity index (χ3v) is 5.60. The Balaban J connectivity index is 0.00000121. The summed E-state index contributed by atoms with van der Waals surface area (Å²) in [6.07, 6.45) is 8.21. The lowest BCUT2D eigenvalue weighted by Gasteiger charge is -2.41. The number of nitrogens with zero attached hydrogens (tertiary/aromatic N) is 2. The van der Waals surface area contributed by atoms with Gasteiger partial charge in [-0.05, 0) is 64.6 Å². The first-order valence-electron chi connectivity index (χ1n) is 8.54. The maximum Gasteiger partial charge on any atom is 0.242 e. The lowest BCUT2D eigenvalue weighted by molar-refractivity contribution is -0.140. The Hall–Kier alpha value is -0.0300. The van der Waals surface area contributed by atoms with Crippen LogP contribution in [-0.4, -0.2) is 60.0 Å². The maximum absolute atomic E-state index is 13.0. The fraction of sp³-hybridized carbons (Fsp3) is 0.938. The molecule has 0 spiro atoms. The van der Waals surface area contributed by atoms with Crippen LogP contribution in [0, 0.1) is 0 Å². The van der Waals surface area contributed by atoms with E-state index in [0.717, 1.165) is 38.9 Å². The van der Waals surface area contributed by atoms with Gasteiger partial charge in [0, 0.05) is 19.1 Å². The zero-order valence-electron chi connectivity index (χ0n) is 13.7. The summed E-state index contributed by atoms with van der Waals surface area (Å²) in [6, 6.07) is 0.616. The molecule has 3 rings (SSSR count). The van der Waals surface area contributed by atoms with E-state index in [1.165, 1.54) is 38.8 Å². The van der Waals surface area contributed by atoms with Gasteiger partial charge in [-0.25, -0.2) is 0 Å². The van der Waals surface area contributed by atoms with E-state index in [1.807, 2.05) is 0 Å². The van der Waals surface area contributed by atoms with Crippen LogP contribution in [0.5, 0.6) is 0 Å². The van der Waals surface area contributed by atoms with E-state index in [4.69, 9.17) is 0 Å². The van der Waals surface area contributed by atoms with Crippen LogP contribution in [0.3, 0.4) is 0 Å². The number of amides is 1. The van der Waals surface area contributed by atoms with Crippen molar-refractivity contribution < 1.29 is 4.79 Å². The molecular formula is C16H31Cl2N3O. The highest BCUT2D eigenvalue weighted by molar-refractivity contribution is 5.87. The van der Waals surface area contributed by atoms with Crippen molar-refractivity contribution in [3.05, 3.63) is 0 Å². The topological polar surface area (TPSA) is 35.6 Å². The molecule has 3 fully saturated rings. The standard InChI is InChI=1S/C16H29N3O.2ClH/c1-2-16(8-6-9-17-16)15(20)19-12-5-7-14(13-19)18-10-3-4-11-18;;/h14,17H,2-13H2,1H3;2*1H. The number of carbonyl (C=O) groups is 1. The molecule has 0 aromatic rings. The molecule has 130 valence electrons. The number of hydrogen-bond donors (Lipinski definition) is 1. The largest absolute Gasteiger partial charge is 0.340 e. The molecule has 0 aromatic carbocycles. The summed E-state index contributed by atoms with van der Waals surface area (Å²) in [7, 11) is 0. The molecule has 0 bridgehead atoms. The summed E-state index contributed by atoms with van der Waals surface area (Å²) in [5.74, 6) is 0.376. The number of nitrogens with one attached hydrogen (secondary N) is 1. The smallest absolute Gasteiger partial charge is 0.242 e. The van der Waals surface area contributed by atoms with E-state index >= 15 is 0 Å². The first-order chi connectivity index (χ1) is 9.75. The van der Waals surface area contributed by atoms with Crippen LogP contribution >= 0.6 is 24.8 Å². The minimum atomic E-state index is -0.243. The zero-order valence-corrected chi connectivity index (χ0v) is 15.3. The Morgan fingerprint density at radius 3 is 2.45 bits per heavy atom. The summed E-state index contributed by atoms with van der Waals surface area (Å²) in [4.78, 5) is 17.7. The van der Waals surface area contributed by atoms with Gasteiger partial charge in [0.05, 0.1) is 5.54 Å². The molecule has 3 aliphatic rings. The van der Waals surface area contributed by atoms with Gasteiger partial charge in [-0.15, -0.1) is 24.8 Å². The minimum absolute atomic E-state index is 0. The zero-order chi connectivity index (χ0) is 14.0. The van der Waals surface area contributed by atoms with Gasteiger partial charge in [-0.1, -0.05) is 6.92 Å². The number of hydrogen-bond acceptors (Lipinski definition) is 3. The molecule has 22 heavy (non-hydrogen) atoms. The molecule has 3 heterocycles. The summed E-state index contributed by atoms with van der Waals surface area (Å²) in [5.41, 5.74) is -0.243. The van der Waals surface area contributed by atoms with E-state index in [0.29, 0.717) is 11.9 Å². The van der Waals surface area contributed by atoms with Gasteiger partial charge in [0.1, 0.15) is 0 Å². The van der Waals surface area contributed by atoms with E-state index in [9.17, 15) is 4.79 Å². The van der Waals surface area contributed by atoms with Crippen LogP contribution in [0.2, 0.25) is 0 Å². The molecule has 4 nitrogen and oxygen atoms in total. The molecule has 0 aliphatic carbocycles. The monoisotopic (exact) mass is 351 g/mol. The lowest BCUT2D eigenvalue weighted by Crippen LogP contribution is -2.58. The van der Waals surface area contributed by atoms with Gasteiger partial charge in [-0.2, -0.15) is 0 Å². The number of halogens is 2. The summed E-state index contributed by atoms with van der Waals surface area (Å²) < 4.78 is 0. The average molecular weight is 352 g/mol. The predicted molar refractivity (Wildman–Crippen MR) is 95.2 cm³/mol. The van der Waals surface area contributed by atoms with Gasteiger partial charge in [0.2, 0.25) is 5.91 Å². The van der Waals surface area contributed by atoms with Crippen LogP contribution in [0.1, 0.15) is 51.9 Å². The van der Waals surface area contributed by atoms with Gasteiger partial charge in [0.15, 0.2) is 0 Å². The van der Waals surface area contributed by atoms with E-state index in [1.54, 1.807) is 0 Å². The highest BCUT2D eigenvalue weighted by atomic mass is 35.5. The van der Waals surface area contributed by atoms with Crippen LogP contribution in [0.15, 0.2) is 0 Å². The van der Waals surface area contributed by atoms with Crippen LogP contribution < -0.4 is 5.32 Å². The number of likely N-dealkylation sites (tertiary alicyclic amines) is 2. The molecule has 1 amide bonds. The fourth-order valence-corrected chi connectivity index (χ4v) is 4.29. The van der Waals surface area contributed by atoms with Crippen LogP contribution in [-0.2, 0) is 4.79 Å². The highest BCUT2D eigenvalue weighted by Gasteiger charge is 2.43. The Morgan fingerprint density at radius 2 is 1.86 bits per heavy atom. The van der Waals surface area contributed by atoms with Crippen molar-refractivity contribution in [1.82, 2.24) is 15.1 Å². The van der Waals surface area contributed by atoms with Crippen molar-refractivity contribution in [2.75, 3.05) is 32.7 Å². The molecule has 2 unspecified atom stereocenters. The molecule has 0 radical (unpaired) electrons. The van der Waals surface area contributed by atoms with Crippen molar-refractivity contribution in [3.8, 4) is 0 Å². The average Bonchev–Trinajstić information content (AvgIpc) is 3.18. The van der Waals surface area contributed by atoms with Crippen molar-refractivity contribution in [3.63, 3.8) is 0 Å². The molecular weight excluding hydrogens is 321 g/mol. The normalized spacial score (nSPS) is 32.4. The quantitative estimate of drug-likeness (QED) is 0.848. The third-order valence-electron chi connectivity index (χ3n) is 5.60. The van der Waals surface area contributed by atoms with Gasteiger partial charge in [-0.3, -0.25) is 9.69 Å². The summed E-state index contributed by atoms with van der Waals surface area (Å²) in [6.45, 7) is 7.56. The summed E-state index contributed by atoms with van der Waals surface area (Å²) in [5, 5.41) is 3.50. The SMILES string of the molecule is CCC1(C(=O)N2CCCC(N3CCCC3)C2)CCCN1.Cl.Cl. The molecule has 6 heteroatoms. The predicted octanol–water partition coefficient (Wildman–Crippen LogP) is 2.45. The first-order valence-corrected chi connectivity index (χ1v) is 8.54. The molecule has 2 atom stereocenters. The van der Waals surface area contributed by atoms with Crippen molar-refractivity contribution in [1.29, 1.82) is 0 Å². The van der Waals surface area contributed by atoms with Crippen molar-refractivity contribution >= 4 is 30.7 Å². The van der Waals surface area contributed by atoms with E-state index < -0.39 is 0 Å². The second-order valence-electron chi connectivity index (χ2n) is 6.76. The molecule has 0 saturated carbocycles. The first kappa shape index (κ1) is 20.0. The maximum atomic E-state index is 13.0. The second-order valence-corrected chi connectivity index (χ2v) is 6.76. The van der Waals surface area contributed by atoms with E-state index in [-0.39, 0.29) is 30.4 Å². The molecule has 3 saturated heterocycles. The number of rotatable bonds is 3. The third kappa shape index (κ3) is 3.89. The molecule has 3 aliphatic heterocycles. The minimum Gasteiger partial charge on any atom is -0.340 e. The number of piperidine rings is 1. The van der Waals surface area contributed by atoms with Crippen molar-refractivity contribution in [2.24, 2.45) is 0 Å². The lowest BCUT2D eigenvalue weighted by atomic mass is 9.91. The van der Waals surface area contributed by atoms with Crippen LogP contribution in [0.25, 0.3) is 0 Å². The van der Waals surface area contributed by atoms with E-state index in [2.05, 4.69) is 22.0 Å². The fourth-order valence-electron chi connectivity index (χ4n) is 4.29. The van der Waals surface area contributed by atoms with Gasteiger partial charge >= 0.3 is 0 Å². The van der Waals surface area contributed by atoms with Crippen molar-refractivity contribution in [2.45, 2.75) is 63.5 Å². The van der Waals surface area contributed by atoms with Gasteiger partial charge < -0.3 is 10.2 Å². The Morgan fingerprint density at radius 1 is 1.14 bits per heavy atom. The highest BCUT2D eigenvalue weighted by Crippen LogP contribution is 2.28. The Labute approximate surface area is 147 Å². The van der Waals surface area contributed by atoms with Crippen LogP contribution in [0.4, 0.5) is 0 Å². The Kier molecular flexibility index (Phi) is 7.93. The Bertz CT molecular complexity index is 355. The summed E-state index contributed by atoms with van der Waals surface area (Å²) >= 11 is 0. The molecule has 1 N–H and O–H groups in total. The van der Waals surface area contributed by atoms with Gasteiger partial charge in [0.25, 0.3) is 0 Å². The molecule has 0 aromatic heterocycles. The number of carbonyl (C=O) groups excluding carboxylic acids is 1. The second kappa shape index (κ2) is 8.72.